The van der Waals surface area contributed by atoms with E-state index < -0.39 is 6.09 Å². The van der Waals surface area contributed by atoms with Crippen LogP contribution in [-0.4, -0.2) is 70.9 Å². The molecule has 3 aromatic heterocycles. The van der Waals surface area contributed by atoms with Crippen molar-refractivity contribution in [1.29, 1.82) is 0 Å². The fourth-order valence-electron chi connectivity index (χ4n) is 7.84. The van der Waals surface area contributed by atoms with E-state index in [1.165, 1.54) is 6.07 Å². The maximum Gasteiger partial charge on any atom is 0.407 e. The second-order valence-electron chi connectivity index (χ2n) is 15.0. The first-order valence-electron chi connectivity index (χ1n) is 19.1. The van der Waals surface area contributed by atoms with Crippen LogP contribution < -0.4 is 20.5 Å². The van der Waals surface area contributed by atoms with Gasteiger partial charge in [0.15, 0.2) is 5.43 Å². The molecule has 5 heterocycles. The zero-order chi connectivity index (χ0) is 36.2. The zero-order valence-electron chi connectivity index (χ0n) is 30.8. The highest BCUT2D eigenvalue weighted by molar-refractivity contribution is 5.84. The first-order valence-corrected chi connectivity index (χ1v) is 19.1. The fourth-order valence-corrected chi connectivity index (χ4v) is 7.84. The van der Waals surface area contributed by atoms with Gasteiger partial charge in [-0.3, -0.25) is 19.7 Å². The molecule has 0 spiro atoms. The third-order valence-electron chi connectivity index (χ3n) is 10.9. The number of unbranched alkanes of at least 4 members (excludes halogenated alkanes) is 1. The summed E-state index contributed by atoms with van der Waals surface area (Å²) in [5.74, 6) is -0.189. The molecule has 7 rings (SSSR count). The van der Waals surface area contributed by atoms with E-state index in [1.807, 2.05) is 32.3 Å². The van der Waals surface area contributed by atoms with Gasteiger partial charge in [-0.1, -0.05) is 13.3 Å². The molecule has 52 heavy (non-hydrogen) atoms. The molecule has 2 atom stereocenters. The maximum absolute atomic E-state index is 16.0. The predicted molar refractivity (Wildman–Crippen MR) is 203 cm³/mol. The Hall–Kier alpha value is -4.51. The van der Waals surface area contributed by atoms with E-state index in [0.717, 1.165) is 86.2 Å². The molecule has 0 radical (unpaired) electrons. The summed E-state index contributed by atoms with van der Waals surface area (Å²) < 4.78 is 23.5. The van der Waals surface area contributed by atoms with Crippen molar-refractivity contribution in [3.05, 3.63) is 93.5 Å². The van der Waals surface area contributed by atoms with Crippen molar-refractivity contribution in [1.82, 2.24) is 24.8 Å². The van der Waals surface area contributed by atoms with Crippen LogP contribution in [0.1, 0.15) is 80.4 Å². The molecule has 10 nitrogen and oxygen atoms in total. The summed E-state index contributed by atoms with van der Waals surface area (Å²) in [7, 11) is 0. The van der Waals surface area contributed by atoms with E-state index >= 15 is 4.39 Å². The van der Waals surface area contributed by atoms with Gasteiger partial charge in [0.2, 0.25) is 0 Å². The van der Waals surface area contributed by atoms with Gasteiger partial charge in [-0.25, -0.2) is 9.18 Å². The number of hydrogen-bond acceptors (Lipinski definition) is 8. The van der Waals surface area contributed by atoms with E-state index in [4.69, 9.17) is 4.74 Å². The summed E-state index contributed by atoms with van der Waals surface area (Å²) >= 11 is 0. The van der Waals surface area contributed by atoms with Crippen LogP contribution in [0.2, 0.25) is 0 Å². The molecule has 1 aliphatic carbocycles. The van der Waals surface area contributed by atoms with Crippen LogP contribution in [0.25, 0.3) is 10.9 Å². The summed E-state index contributed by atoms with van der Waals surface area (Å²) in [6.45, 7) is 11.2. The summed E-state index contributed by atoms with van der Waals surface area (Å²) in [6.07, 6.45) is 12.3. The van der Waals surface area contributed by atoms with Crippen molar-refractivity contribution in [2.75, 3.05) is 49.1 Å². The molecule has 0 unspecified atom stereocenters. The van der Waals surface area contributed by atoms with E-state index in [2.05, 4.69) is 71.9 Å². The fraction of sp³-hybridized carbons (Fsp3) is 0.512. The Balaban J connectivity index is 1.14. The van der Waals surface area contributed by atoms with Gasteiger partial charge in [-0.2, -0.15) is 0 Å². The standard InChI is InChI=1S/C41H52FN7O3/c1-4-5-17-52-41(51)45-21-31-13-16-47(24-31)39-20-38-36(19-37(39)42)40(50)32(26-49(38)33-10-11-33)25-48(23-30-12-14-43-29(3)18-30)35-7-6-15-46(27-35)34-9-8-28(2)44-22-34/h8-9,12,14,18-20,22,26,31,33,35H,4-7,10-11,13,15-17,21,23-25,27H2,1-3H3,(H,45,51)/t31-,35+/m1/s1. The van der Waals surface area contributed by atoms with Crippen molar-refractivity contribution in [2.45, 2.75) is 90.9 Å². The number of ether oxygens (including phenoxy) is 1. The molecule has 276 valence electrons. The maximum atomic E-state index is 16.0. The number of piperidine rings is 1. The second kappa shape index (κ2) is 16.0. The number of carbonyl (C=O) groups excluding carboxylic acids is 1. The van der Waals surface area contributed by atoms with Crippen LogP contribution in [0.5, 0.6) is 0 Å². The van der Waals surface area contributed by atoms with E-state index in [1.54, 1.807) is 0 Å². The van der Waals surface area contributed by atoms with Crippen LogP contribution >= 0.6 is 0 Å². The van der Waals surface area contributed by atoms with Gasteiger partial charge in [0.05, 0.1) is 29.7 Å². The van der Waals surface area contributed by atoms with Gasteiger partial charge >= 0.3 is 6.09 Å². The first-order chi connectivity index (χ1) is 25.2. The number of halogens is 1. The molecule has 1 N–H and O–H groups in total. The Bertz CT molecular complexity index is 1930. The first kappa shape index (κ1) is 35.9. The van der Waals surface area contributed by atoms with E-state index in [9.17, 15) is 9.59 Å². The molecule has 4 aromatic rings. The van der Waals surface area contributed by atoms with Crippen molar-refractivity contribution in [3.8, 4) is 0 Å². The molecule has 1 aromatic carbocycles. The lowest BCUT2D eigenvalue weighted by atomic mass is 10.0. The number of carbonyl (C=O) groups is 1. The summed E-state index contributed by atoms with van der Waals surface area (Å²) in [4.78, 5) is 42.3. The average Bonchev–Trinajstić information content (AvgIpc) is 3.88. The number of aromatic nitrogens is 3. The van der Waals surface area contributed by atoms with E-state index in [0.29, 0.717) is 62.0 Å². The SMILES string of the molecule is CCCCOC(=O)NC[C@H]1CCN(c2cc3c(cc2F)c(=O)c(CN(Cc2ccnc(C)c2)[C@H]2CCCN(c4ccc(C)nc4)C2)cn3C2CC2)C1. The average molecular weight is 710 g/mol. The molecule has 2 saturated heterocycles. The molecular weight excluding hydrogens is 657 g/mol. The highest BCUT2D eigenvalue weighted by atomic mass is 19.1. The van der Waals surface area contributed by atoms with Crippen LogP contribution in [0.4, 0.5) is 20.6 Å². The number of aryl methyl sites for hydroxylation is 2. The Kier molecular flexibility index (Phi) is 11.1. The Morgan fingerprint density at radius 1 is 1.00 bits per heavy atom. The van der Waals surface area contributed by atoms with Gasteiger partial charge in [0.25, 0.3) is 0 Å². The lowest BCUT2D eigenvalue weighted by Gasteiger charge is -2.40. The minimum Gasteiger partial charge on any atom is -0.450 e. The largest absolute Gasteiger partial charge is 0.450 e. The topological polar surface area (TPSA) is 95.8 Å². The highest BCUT2D eigenvalue weighted by Crippen LogP contribution is 2.39. The van der Waals surface area contributed by atoms with Crippen LogP contribution in [0, 0.1) is 25.6 Å². The molecule has 2 aliphatic heterocycles. The molecular formula is C41H52FN7O3. The van der Waals surface area contributed by atoms with Crippen LogP contribution in [0.15, 0.2) is 59.8 Å². The number of amides is 1. The van der Waals surface area contributed by atoms with Gasteiger partial charge in [-0.15, -0.1) is 0 Å². The number of nitrogens with one attached hydrogen (secondary N) is 1. The summed E-state index contributed by atoms with van der Waals surface area (Å²) in [5.41, 5.74) is 6.15. The molecule has 0 bridgehead atoms. The Morgan fingerprint density at radius 3 is 2.63 bits per heavy atom. The third-order valence-corrected chi connectivity index (χ3v) is 10.9. The smallest absolute Gasteiger partial charge is 0.407 e. The zero-order valence-corrected chi connectivity index (χ0v) is 30.8. The molecule has 1 amide bonds. The predicted octanol–water partition coefficient (Wildman–Crippen LogP) is 6.91. The normalized spacial score (nSPS) is 19.1. The van der Waals surface area contributed by atoms with E-state index in [-0.39, 0.29) is 23.2 Å². The number of nitrogens with zero attached hydrogens (tertiary/aromatic N) is 6. The Morgan fingerprint density at radius 2 is 1.87 bits per heavy atom. The van der Waals surface area contributed by atoms with Gasteiger partial charge < -0.3 is 24.4 Å². The molecule has 3 fully saturated rings. The van der Waals surface area contributed by atoms with Crippen LogP contribution in [0.3, 0.4) is 0 Å². The van der Waals surface area contributed by atoms with Crippen LogP contribution in [-0.2, 0) is 17.8 Å². The number of pyridine rings is 3. The minimum atomic E-state index is -0.396. The summed E-state index contributed by atoms with van der Waals surface area (Å²) in [6, 6.07) is 12.2. The number of alkyl carbamates (subject to hydrolysis) is 1. The van der Waals surface area contributed by atoms with Gasteiger partial charge in [0, 0.05) is 92.6 Å². The molecule has 3 aliphatic rings. The molecule has 1 saturated carbocycles. The quantitative estimate of drug-likeness (QED) is 0.150. The van der Waals surface area contributed by atoms with Gasteiger partial charge in [-0.05, 0) is 100 Å². The lowest BCUT2D eigenvalue weighted by Crippen LogP contribution is -2.48. The number of benzene rings is 1. The van der Waals surface area contributed by atoms with Crippen molar-refractivity contribution in [2.24, 2.45) is 5.92 Å². The third kappa shape index (κ3) is 8.41. The number of rotatable bonds is 13. The monoisotopic (exact) mass is 709 g/mol. The number of fused-ring (bicyclic) bond motifs is 1. The van der Waals surface area contributed by atoms with Crippen molar-refractivity contribution < 1.29 is 13.9 Å². The highest BCUT2D eigenvalue weighted by Gasteiger charge is 2.31. The molecule has 11 heteroatoms. The van der Waals surface area contributed by atoms with Gasteiger partial charge in [0.1, 0.15) is 5.82 Å². The Labute approximate surface area is 306 Å². The number of hydrogen-bond donors (Lipinski definition) is 1. The number of anilines is 2. The minimum absolute atomic E-state index is 0.103. The van der Waals surface area contributed by atoms with Crippen molar-refractivity contribution in [3.63, 3.8) is 0 Å². The second-order valence-corrected chi connectivity index (χ2v) is 15.0. The summed E-state index contributed by atoms with van der Waals surface area (Å²) in [5, 5.41) is 3.31. The van der Waals surface area contributed by atoms with Crippen molar-refractivity contribution >= 4 is 28.4 Å². The lowest BCUT2D eigenvalue weighted by molar-refractivity contribution is 0.143.